The van der Waals surface area contributed by atoms with E-state index >= 15 is 0 Å². The number of hydrogen-bond acceptors (Lipinski definition) is 3. The molecule has 2 aromatic rings. The first kappa shape index (κ1) is 14.4. The fourth-order valence-electron chi connectivity index (χ4n) is 2.17. The molecule has 0 bridgehead atoms. The van der Waals surface area contributed by atoms with Gasteiger partial charge >= 0.3 is 0 Å². The highest BCUT2D eigenvalue weighted by atomic mass is 16.5. The second-order valence-electron chi connectivity index (χ2n) is 5.01. The van der Waals surface area contributed by atoms with Crippen LogP contribution in [0.3, 0.4) is 0 Å². The molecule has 0 saturated heterocycles. The number of rotatable bonds is 5. The molecule has 1 heterocycles. The van der Waals surface area contributed by atoms with Crippen LogP contribution in [0, 0.1) is 0 Å². The highest BCUT2D eigenvalue weighted by molar-refractivity contribution is 5.83. The van der Waals surface area contributed by atoms with Gasteiger partial charge in [-0.05, 0) is 25.0 Å². The minimum atomic E-state index is 0.375. The number of methoxy groups -OCH3 is 1. The number of nitrogens with zero attached hydrogens (tertiary/aromatic N) is 1. The Balaban J connectivity index is 2.53. The largest absolute Gasteiger partial charge is 0.494 e. The average molecular weight is 271 g/mol. The predicted octanol–water partition coefficient (Wildman–Crippen LogP) is 4.37. The van der Waals surface area contributed by atoms with E-state index in [0.717, 1.165) is 22.0 Å². The molecule has 0 fully saturated rings. The second-order valence-corrected chi connectivity index (χ2v) is 5.01. The summed E-state index contributed by atoms with van der Waals surface area (Å²) in [5.74, 6) is 1.73. The van der Waals surface area contributed by atoms with Gasteiger partial charge in [0.05, 0.1) is 19.2 Å². The van der Waals surface area contributed by atoms with E-state index in [9.17, 15) is 0 Å². The molecule has 3 nitrogen and oxygen atoms in total. The maximum absolute atomic E-state index is 5.44. The number of ether oxygens (including phenoxy) is 2. The molecular formula is C17H21NO2. The third-order valence-corrected chi connectivity index (χ3v) is 3.27. The van der Waals surface area contributed by atoms with Crippen LogP contribution in [0.5, 0.6) is 5.88 Å². The zero-order valence-corrected chi connectivity index (χ0v) is 12.6. The lowest BCUT2D eigenvalue weighted by atomic mass is 10.0. The van der Waals surface area contributed by atoms with Gasteiger partial charge in [0.1, 0.15) is 5.76 Å². The topological polar surface area (TPSA) is 31.4 Å². The quantitative estimate of drug-likeness (QED) is 0.756. The van der Waals surface area contributed by atoms with Crippen LogP contribution in [0.2, 0.25) is 0 Å². The summed E-state index contributed by atoms with van der Waals surface area (Å²) >= 11 is 0. The zero-order valence-electron chi connectivity index (χ0n) is 12.6. The first-order chi connectivity index (χ1) is 9.56. The van der Waals surface area contributed by atoms with Gasteiger partial charge < -0.3 is 9.47 Å². The van der Waals surface area contributed by atoms with E-state index in [4.69, 9.17) is 9.47 Å². The molecule has 2 rings (SSSR count). The fourth-order valence-corrected chi connectivity index (χ4v) is 2.17. The summed E-state index contributed by atoms with van der Waals surface area (Å²) in [6.45, 7) is 10.8. The highest BCUT2D eigenvalue weighted by Gasteiger charge is 2.11. The molecule has 1 aromatic heterocycles. The highest BCUT2D eigenvalue weighted by Crippen LogP contribution is 2.29. The van der Waals surface area contributed by atoms with Gasteiger partial charge in [-0.3, -0.25) is 0 Å². The van der Waals surface area contributed by atoms with Crippen LogP contribution in [-0.2, 0) is 4.74 Å². The Bertz CT molecular complexity index is 632. The Kier molecular flexibility index (Phi) is 4.28. The van der Waals surface area contributed by atoms with Gasteiger partial charge in [-0.25, -0.2) is 4.98 Å². The Morgan fingerprint density at radius 1 is 1.30 bits per heavy atom. The third kappa shape index (κ3) is 2.77. The molecule has 106 valence electrons. The van der Waals surface area contributed by atoms with Crippen molar-refractivity contribution in [3.63, 3.8) is 0 Å². The maximum Gasteiger partial charge on any atom is 0.217 e. The van der Waals surface area contributed by atoms with Crippen molar-refractivity contribution in [2.24, 2.45) is 0 Å². The molecular weight excluding hydrogens is 250 g/mol. The third-order valence-electron chi connectivity index (χ3n) is 3.27. The van der Waals surface area contributed by atoms with Gasteiger partial charge in [-0.2, -0.15) is 0 Å². The van der Waals surface area contributed by atoms with E-state index in [1.165, 1.54) is 0 Å². The lowest BCUT2D eigenvalue weighted by Gasteiger charge is -2.13. The van der Waals surface area contributed by atoms with Crippen LogP contribution in [0.4, 0.5) is 0 Å². The first-order valence-corrected chi connectivity index (χ1v) is 6.87. The second kappa shape index (κ2) is 5.95. The van der Waals surface area contributed by atoms with Crippen molar-refractivity contribution in [2.45, 2.75) is 26.7 Å². The maximum atomic E-state index is 5.44. The van der Waals surface area contributed by atoms with Crippen LogP contribution in [0.25, 0.3) is 16.7 Å². The molecule has 0 radical (unpaired) electrons. The summed E-state index contributed by atoms with van der Waals surface area (Å²) in [6, 6.07) is 8.19. The van der Waals surface area contributed by atoms with Crippen molar-refractivity contribution in [2.75, 3.05) is 13.7 Å². The molecule has 0 amide bonds. The zero-order chi connectivity index (χ0) is 14.7. The minimum absolute atomic E-state index is 0.375. The fraction of sp³-hybridized carbons (Fsp3) is 0.353. The molecule has 20 heavy (non-hydrogen) atoms. The molecule has 0 aliphatic heterocycles. The van der Waals surface area contributed by atoms with Gasteiger partial charge in [0, 0.05) is 16.5 Å². The minimum Gasteiger partial charge on any atom is -0.494 e. The average Bonchev–Trinajstić information content (AvgIpc) is 2.45. The van der Waals surface area contributed by atoms with Crippen LogP contribution in [-0.4, -0.2) is 18.7 Å². The van der Waals surface area contributed by atoms with Gasteiger partial charge in [-0.15, -0.1) is 0 Å². The van der Waals surface area contributed by atoms with Crippen molar-refractivity contribution in [1.29, 1.82) is 0 Å². The van der Waals surface area contributed by atoms with E-state index in [1.54, 1.807) is 7.11 Å². The molecule has 0 spiro atoms. The lowest BCUT2D eigenvalue weighted by Crippen LogP contribution is -1.98. The van der Waals surface area contributed by atoms with Gasteiger partial charge in [0.2, 0.25) is 5.88 Å². The van der Waals surface area contributed by atoms with E-state index < -0.39 is 0 Å². The monoisotopic (exact) mass is 271 g/mol. The smallest absolute Gasteiger partial charge is 0.217 e. The number of aromatic nitrogens is 1. The summed E-state index contributed by atoms with van der Waals surface area (Å²) in [5, 5.41) is 1.10. The Morgan fingerprint density at radius 3 is 2.65 bits per heavy atom. The van der Waals surface area contributed by atoms with E-state index in [2.05, 4.69) is 31.5 Å². The molecule has 0 saturated carbocycles. The van der Waals surface area contributed by atoms with Crippen molar-refractivity contribution in [3.8, 4) is 5.88 Å². The Morgan fingerprint density at radius 2 is 2.05 bits per heavy atom. The van der Waals surface area contributed by atoms with Crippen LogP contribution in [0.1, 0.15) is 37.8 Å². The summed E-state index contributed by atoms with van der Waals surface area (Å²) in [4.78, 5) is 4.60. The summed E-state index contributed by atoms with van der Waals surface area (Å²) in [6.07, 6.45) is 0. The Hall–Kier alpha value is -2.03. The number of fused-ring (bicyclic) bond motifs is 1. The van der Waals surface area contributed by atoms with Crippen molar-refractivity contribution < 1.29 is 9.47 Å². The first-order valence-electron chi connectivity index (χ1n) is 6.87. The van der Waals surface area contributed by atoms with E-state index in [-0.39, 0.29) is 0 Å². The molecule has 0 aliphatic rings. The van der Waals surface area contributed by atoms with Crippen LogP contribution < -0.4 is 4.74 Å². The summed E-state index contributed by atoms with van der Waals surface area (Å²) in [7, 11) is 1.66. The number of hydrogen-bond donors (Lipinski definition) is 0. The number of pyridine rings is 1. The lowest BCUT2D eigenvalue weighted by molar-refractivity contribution is 0.299. The van der Waals surface area contributed by atoms with Gasteiger partial charge in [0.15, 0.2) is 0 Å². The van der Waals surface area contributed by atoms with E-state index in [0.29, 0.717) is 24.2 Å². The molecule has 0 N–H and O–H groups in total. The summed E-state index contributed by atoms with van der Waals surface area (Å²) < 4.78 is 10.8. The van der Waals surface area contributed by atoms with E-state index in [1.807, 2.05) is 25.1 Å². The van der Waals surface area contributed by atoms with Crippen molar-refractivity contribution in [1.82, 2.24) is 4.98 Å². The Labute approximate surface area is 120 Å². The molecule has 1 aromatic carbocycles. The van der Waals surface area contributed by atoms with Crippen molar-refractivity contribution in [3.05, 3.63) is 42.0 Å². The van der Waals surface area contributed by atoms with Crippen molar-refractivity contribution >= 4 is 16.7 Å². The van der Waals surface area contributed by atoms with Gasteiger partial charge in [0.25, 0.3) is 0 Å². The van der Waals surface area contributed by atoms with Crippen LogP contribution in [0.15, 0.2) is 30.8 Å². The molecule has 0 atom stereocenters. The molecule has 3 heteroatoms. The summed E-state index contributed by atoms with van der Waals surface area (Å²) in [5.41, 5.74) is 2.96. The SMILES string of the molecule is C=C(OCC)c1ccc2cc(C(C)C)c(OC)nc2c1. The molecule has 0 aliphatic carbocycles. The van der Waals surface area contributed by atoms with Crippen LogP contribution >= 0.6 is 0 Å². The normalized spacial score (nSPS) is 10.8. The number of benzene rings is 1. The van der Waals surface area contributed by atoms with Gasteiger partial charge in [-0.1, -0.05) is 32.6 Å². The molecule has 0 unspecified atom stereocenters. The standard InChI is InChI=1S/C17H21NO2/c1-6-20-12(4)13-7-8-14-9-15(11(2)3)17(19-5)18-16(14)10-13/h7-11H,4,6H2,1-3,5H3. The predicted molar refractivity (Wildman–Crippen MR) is 83.0 cm³/mol.